The van der Waals surface area contributed by atoms with E-state index in [1.165, 1.54) is 6.07 Å². The minimum absolute atomic E-state index is 0.0595. The van der Waals surface area contributed by atoms with Crippen molar-refractivity contribution in [3.05, 3.63) is 63.4 Å². The van der Waals surface area contributed by atoms with Crippen LogP contribution in [0.3, 0.4) is 0 Å². The molecule has 0 spiro atoms. The fourth-order valence-electron chi connectivity index (χ4n) is 3.80. The van der Waals surface area contributed by atoms with Crippen LogP contribution in [-0.2, 0) is 0 Å². The Morgan fingerprint density at radius 3 is 2.50 bits per heavy atom. The van der Waals surface area contributed by atoms with Gasteiger partial charge in [0.2, 0.25) is 0 Å². The molecule has 0 aliphatic heterocycles. The second-order valence-corrected chi connectivity index (χ2v) is 9.07. The molecule has 3 nitrogen and oxygen atoms in total. The van der Waals surface area contributed by atoms with E-state index in [4.69, 9.17) is 23.2 Å². The standard InChI is InChI=1S/C22H21Cl2F3N2O/c23-17-3-1-2-16(19(17)24)20(30)29-12-15(10-21(8-9-21)22(25,26)27)14-6-7-18(28-11-14)13-4-5-13/h1-3,6-7,11,13,15H,4-5,8-10,12H2,(H,29,30). The number of pyridine rings is 1. The number of nitrogens with one attached hydrogen (secondary N) is 1. The first-order valence-electron chi connectivity index (χ1n) is 9.95. The second kappa shape index (κ2) is 8.04. The summed E-state index contributed by atoms with van der Waals surface area (Å²) in [5.41, 5.74) is 0.198. The van der Waals surface area contributed by atoms with E-state index >= 15 is 0 Å². The van der Waals surface area contributed by atoms with Gasteiger partial charge in [-0.05, 0) is 55.9 Å². The topological polar surface area (TPSA) is 42.0 Å². The summed E-state index contributed by atoms with van der Waals surface area (Å²) >= 11 is 12.1. The number of carbonyl (C=O) groups is 1. The van der Waals surface area contributed by atoms with Crippen molar-refractivity contribution in [1.29, 1.82) is 0 Å². The molecule has 2 aromatic rings. The molecule has 2 aliphatic carbocycles. The maximum absolute atomic E-state index is 13.6. The van der Waals surface area contributed by atoms with E-state index in [9.17, 15) is 18.0 Å². The summed E-state index contributed by atoms with van der Waals surface area (Å²) in [7, 11) is 0. The van der Waals surface area contributed by atoms with Gasteiger partial charge in [0, 0.05) is 30.3 Å². The molecule has 1 N–H and O–H groups in total. The Morgan fingerprint density at radius 1 is 1.20 bits per heavy atom. The van der Waals surface area contributed by atoms with Crippen LogP contribution >= 0.6 is 23.2 Å². The number of halogens is 5. The molecule has 2 aliphatic rings. The zero-order valence-electron chi connectivity index (χ0n) is 16.1. The lowest BCUT2D eigenvalue weighted by Gasteiger charge is -2.26. The molecule has 0 radical (unpaired) electrons. The van der Waals surface area contributed by atoms with Crippen LogP contribution < -0.4 is 5.32 Å². The van der Waals surface area contributed by atoms with Crippen LogP contribution in [0.1, 0.15) is 65.6 Å². The highest BCUT2D eigenvalue weighted by molar-refractivity contribution is 6.43. The summed E-state index contributed by atoms with van der Waals surface area (Å²) in [6, 6.07) is 8.43. The molecular weight excluding hydrogens is 436 g/mol. The lowest BCUT2D eigenvalue weighted by molar-refractivity contribution is -0.190. The fourth-order valence-corrected chi connectivity index (χ4v) is 4.19. The first kappa shape index (κ1) is 21.4. The number of alkyl halides is 3. The highest BCUT2D eigenvalue weighted by Crippen LogP contribution is 2.62. The van der Waals surface area contributed by atoms with Gasteiger partial charge in [0.1, 0.15) is 0 Å². The first-order chi connectivity index (χ1) is 14.2. The molecule has 0 bridgehead atoms. The van der Waals surface area contributed by atoms with Crippen molar-refractivity contribution in [2.75, 3.05) is 6.54 Å². The van der Waals surface area contributed by atoms with Crippen LogP contribution in [0.5, 0.6) is 0 Å². The van der Waals surface area contributed by atoms with Crippen LogP contribution in [0.15, 0.2) is 36.5 Å². The van der Waals surface area contributed by atoms with Gasteiger partial charge in [-0.3, -0.25) is 9.78 Å². The molecule has 30 heavy (non-hydrogen) atoms. The molecule has 4 rings (SSSR count). The van der Waals surface area contributed by atoms with Crippen LogP contribution in [0.2, 0.25) is 10.0 Å². The van der Waals surface area contributed by atoms with Crippen molar-refractivity contribution in [2.24, 2.45) is 5.41 Å². The van der Waals surface area contributed by atoms with E-state index in [1.807, 2.05) is 12.1 Å². The molecule has 1 aromatic carbocycles. The number of nitrogens with zero attached hydrogens (tertiary/aromatic N) is 1. The molecule has 0 saturated heterocycles. The Bertz CT molecular complexity index is 938. The summed E-state index contributed by atoms with van der Waals surface area (Å²) in [4.78, 5) is 17.0. The van der Waals surface area contributed by atoms with Crippen LogP contribution in [-0.4, -0.2) is 23.6 Å². The molecule has 1 heterocycles. The number of benzene rings is 1. The third-order valence-corrected chi connectivity index (χ3v) is 6.89. The van der Waals surface area contributed by atoms with Crippen molar-refractivity contribution in [1.82, 2.24) is 10.3 Å². The van der Waals surface area contributed by atoms with E-state index in [0.29, 0.717) is 11.5 Å². The van der Waals surface area contributed by atoms with Gasteiger partial charge in [-0.1, -0.05) is 35.3 Å². The molecule has 2 saturated carbocycles. The monoisotopic (exact) mass is 456 g/mol. The van der Waals surface area contributed by atoms with Crippen molar-refractivity contribution in [3.63, 3.8) is 0 Å². The van der Waals surface area contributed by atoms with Gasteiger partial charge in [0.05, 0.1) is 21.0 Å². The third-order valence-electron chi connectivity index (χ3n) is 6.07. The van der Waals surface area contributed by atoms with Crippen LogP contribution in [0, 0.1) is 5.41 Å². The van der Waals surface area contributed by atoms with Gasteiger partial charge in [0.25, 0.3) is 5.91 Å². The number of carbonyl (C=O) groups excluding carboxylic acids is 1. The minimum Gasteiger partial charge on any atom is -0.351 e. The highest BCUT2D eigenvalue weighted by Gasteiger charge is 2.63. The summed E-state index contributed by atoms with van der Waals surface area (Å²) in [6.45, 7) is 0.0595. The Kier molecular flexibility index (Phi) is 5.75. The summed E-state index contributed by atoms with van der Waals surface area (Å²) in [6.07, 6.45) is -0.239. The minimum atomic E-state index is -4.26. The van der Waals surface area contributed by atoms with Gasteiger partial charge in [-0.25, -0.2) is 0 Å². The Morgan fingerprint density at radius 2 is 1.93 bits per heavy atom. The molecule has 1 atom stereocenters. The summed E-state index contributed by atoms with van der Waals surface area (Å²) < 4.78 is 40.7. The Labute approximate surface area is 183 Å². The molecular formula is C22H21Cl2F3N2O. The first-order valence-corrected chi connectivity index (χ1v) is 10.7. The second-order valence-electron chi connectivity index (χ2n) is 8.28. The van der Waals surface area contributed by atoms with E-state index in [2.05, 4.69) is 10.3 Å². The molecule has 160 valence electrons. The summed E-state index contributed by atoms with van der Waals surface area (Å²) in [5, 5.41) is 3.11. The predicted octanol–water partition coefficient (Wildman–Crippen LogP) is 6.51. The van der Waals surface area contributed by atoms with E-state index < -0.39 is 23.4 Å². The SMILES string of the molecule is O=C(NCC(CC1(C(F)(F)F)CC1)c1ccc(C2CC2)nc1)c1cccc(Cl)c1Cl. The van der Waals surface area contributed by atoms with Crippen molar-refractivity contribution in [2.45, 2.75) is 50.1 Å². The van der Waals surface area contributed by atoms with Crippen molar-refractivity contribution in [3.8, 4) is 0 Å². The van der Waals surface area contributed by atoms with Gasteiger partial charge in [0.15, 0.2) is 0 Å². The maximum Gasteiger partial charge on any atom is 0.394 e. The normalized spacial score (nSPS) is 18.7. The Balaban J connectivity index is 1.52. The average molecular weight is 457 g/mol. The lowest BCUT2D eigenvalue weighted by atomic mass is 9.86. The largest absolute Gasteiger partial charge is 0.394 e. The zero-order valence-corrected chi connectivity index (χ0v) is 17.6. The van der Waals surface area contributed by atoms with Gasteiger partial charge < -0.3 is 5.32 Å². The molecule has 8 heteroatoms. The zero-order chi connectivity index (χ0) is 21.5. The van der Waals surface area contributed by atoms with E-state index in [0.717, 1.165) is 18.5 Å². The number of aromatic nitrogens is 1. The van der Waals surface area contributed by atoms with Crippen molar-refractivity contribution < 1.29 is 18.0 Å². The van der Waals surface area contributed by atoms with Crippen LogP contribution in [0.4, 0.5) is 13.2 Å². The average Bonchev–Trinajstić information content (AvgIpc) is 3.61. The van der Waals surface area contributed by atoms with Crippen LogP contribution in [0.25, 0.3) is 0 Å². The van der Waals surface area contributed by atoms with Crippen molar-refractivity contribution >= 4 is 29.1 Å². The van der Waals surface area contributed by atoms with Gasteiger partial charge >= 0.3 is 6.18 Å². The summed E-state index contributed by atoms with van der Waals surface area (Å²) in [5.74, 6) is -0.504. The molecule has 1 aromatic heterocycles. The highest BCUT2D eigenvalue weighted by atomic mass is 35.5. The van der Waals surface area contributed by atoms with Gasteiger partial charge in [-0.15, -0.1) is 0 Å². The maximum atomic E-state index is 13.6. The quantitative estimate of drug-likeness (QED) is 0.515. The lowest BCUT2D eigenvalue weighted by Crippen LogP contribution is -2.33. The fraction of sp³-hybridized carbons (Fsp3) is 0.455. The van der Waals surface area contributed by atoms with Gasteiger partial charge in [-0.2, -0.15) is 13.2 Å². The molecule has 2 fully saturated rings. The predicted molar refractivity (Wildman–Crippen MR) is 110 cm³/mol. The van der Waals surface area contributed by atoms with E-state index in [1.54, 1.807) is 18.3 Å². The molecule has 1 unspecified atom stereocenters. The number of amides is 1. The Hall–Kier alpha value is -1.79. The number of hydrogen-bond acceptors (Lipinski definition) is 2. The number of rotatable bonds is 7. The van der Waals surface area contributed by atoms with E-state index in [-0.39, 0.29) is 41.4 Å². The smallest absolute Gasteiger partial charge is 0.351 e. The molecule has 1 amide bonds. The number of hydrogen-bond donors (Lipinski definition) is 1. The third kappa shape index (κ3) is 4.45.